The SMILES string of the molecule is O=C(Nc1ccc(Br)cc1)C1CN(Cc2ccccc2)CC2C(=O)N(c3ccccc3)NC12. The van der Waals surface area contributed by atoms with Gasteiger partial charge in [-0.2, -0.15) is 0 Å². The molecule has 7 heteroatoms. The van der Waals surface area contributed by atoms with E-state index in [9.17, 15) is 9.59 Å². The zero-order valence-electron chi connectivity index (χ0n) is 18.0. The van der Waals surface area contributed by atoms with Gasteiger partial charge in [0.05, 0.1) is 23.6 Å². The lowest BCUT2D eigenvalue weighted by atomic mass is 9.83. The zero-order chi connectivity index (χ0) is 22.8. The monoisotopic (exact) mass is 504 g/mol. The van der Waals surface area contributed by atoms with Gasteiger partial charge in [-0.15, -0.1) is 0 Å². The lowest BCUT2D eigenvalue weighted by molar-refractivity contribution is -0.126. The molecule has 0 radical (unpaired) electrons. The largest absolute Gasteiger partial charge is 0.326 e. The van der Waals surface area contributed by atoms with E-state index in [2.05, 4.69) is 43.7 Å². The third kappa shape index (κ3) is 4.71. The van der Waals surface area contributed by atoms with E-state index in [1.807, 2.05) is 72.8 Å². The van der Waals surface area contributed by atoms with Gasteiger partial charge in [-0.05, 0) is 42.0 Å². The number of halogens is 1. The molecule has 0 aliphatic carbocycles. The van der Waals surface area contributed by atoms with Gasteiger partial charge in [0.2, 0.25) is 11.8 Å². The molecule has 3 unspecified atom stereocenters. The van der Waals surface area contributed by atoms with E-state index in [-0.39, 0.29) is 29.7 Å². The molecule has 0 spiro atoms. The first-order chi connectivity index (χ1) is 16.1. The molecule has 0 saturated carbocycles. The zero-order valence-corrected chi connectivity index (χ0v) is 19.6. The van der Waals surface area contributed by atoms with E-state index in [1.54, 1.807) is 5.01 Å². The summed E-state index contributed by atoms with van der Waals surface area (Å²) >= 11 is 3.43. The molecule has 3 aromatic carbocycles. The summed E-state index contributed by atoms with van der Waals surface area (Å²) in [7, 11) is 0. The molecule has 2 heterocycles. The van der Waals surface area contributed by atoms with Crippen LogP contribution < -0.4 is 15.8 Å². The molecule has 2 saturated heterocycles. The van der Waals surface area contributed by atoms with Crippen molar-refractivity contribution in [3.63, 3.8) is 0 Å². The number of hydrazine groups is 1. The molecule has 2 aliphatic rings. The molecule has 6 nitrogen and oxygen atoms in total. The van der Waals surface area contributed by atoms with Crippen molar-refractivity contribution in [2.24, 2.45) is 11.8 Å². The number of piperidine rings is 1. The molecular formula is C26H25BrN4O2. The lowest BCUT2D eigenvalue weighted by Crippen LogP contribution is -2.55. The quantitative estimate of drug-likeness (QED) is 0.549. The fraction of sp³-hybridized carbons (Fsp3) is 0.231. The number of likely N-dealkylation sites (tertiary alicyclic amines) is 1. The molecule has 5 rings (SSSR count). The van der Waals surface area contributed by atoms with Crippen LogP contribution in [0, 0.1) is 11.8 Å². The Hall–Kier alpha value is -3.00. The number of nitrogens with one attached hydrogen (secondary N) is 2. The fourth-order valence-corrected chi connectivity index (χ4v) is 4.96. The predicted molar refractivity (Wildman–Crippen MR) is 132 cm³/mol. The maximum atomic E-state index is 13.4. The van der Waals surface area contributed by atoms with Crippen LogP contribution in [0.5, 0.6) is 0 Å². The Bertz CT molecular complexity index is 1120. The Labute approximate surface area is 201 Å². The van der Waals surface area contributed by atoms with Crippen LogP contribution in [-0.4, -0.2) is 35.8 Å². The van der Waals surface area contributed by atoms with Crippen molar-refractivity contribution >= 4 is 39.1 Å². The fourth-order valence-electron chi connectivity index (χ4n) is 4.69. The highest BCUT2D eigenvalue weighted by molar-refractivity contribution is 9.10. The average Bonchev–Trinajstić information content (AvgIpc) is 3.17. The summed E-state index contributed by atoms with van der Waals surface area (Å²) in [5.74, 6) is -0.761. The first-order valence-electron chi connectivity index (χ1n) is 11.1. The summed E-state index contributed by atoms with van der Waals surface area (Å²) in [6.07, 6.45) is 0. The molecule has 2 aliphatic heterocycles. The number of fused-ring (bicyclic) bond motifs is 1. The van der Waals surface area contributed by atoms with Crippen LogP contribution in [0.15, 0.2) is 89.4 Å². The van der Waals surface area contributed by atoms with Crippen LogP contribution in [0.2, 0.25) is 0 Å². The number of hydrogen-bond donors (Lipinski definition) is 2. The van der Waals surface area contributed by atoms with Crippen LogP contribution in [0.25, 0.3) is 0 Å². The normalized spacial score (nSPS) is 22.8. The Kier molecular flexibility index (Phi) is 6.26. The van der Waals surface area contributed by atoms with Gasteiger partial charge < -0.3 is 5.32 Å². The minimum atomic E-state index is -0.381. The number of anilines is 2. The second-order valence-electron chi connectivity index (χ2n) is 8.55. The molecule has 2 fully saturated rings. The summed E-state index contributed by atoms with van der Waals surface area (Å²) in [6, 6.07) is 27.0. The maximum Gasteiger partial charge on any atom is 0.247 e. The van der Waals surface area contributed by atoms with Gasteiger partial charge >= 0.3 is 0 Å². The number of para-hydroxylation sites is 1. The van der Waals surface area contributed by atoms with Crippen molar-refractivity contribution in [2.45, 2.75) is 12.6 Å². The Morgan fingerprint density at radius 2 is 1.61 bits per heavy atom. The molecule has 2 N–H and O–H groups in total. The Morgan fingerprint density at radius 3 is 2.30 bits per heavy atom. The Balaban J connectivity index is 1.41. The molecule has 3 atom stereocenters. The van der Waals surface area contributed by atoms with Crippen LogP contribution in [-0.2, 0) is 16.1 Å². The number of benzene rings is 3. The van der Waals surface area contributed by atoms with Crippen molar-refractivity contribution in [1.29, 1.82) is 0 Å². The average molecular weight is 505 g/mol. The van der Waals surface area contributed by atoms with Crippen LogP contribution >= 0.6 is 15.9 Å². The van der Waals surface area contributed by atoms with Crippen molar-refractivity contribution in [3.8, 4) is 0 Å². The van der Waals surface area contributed by atoms with E-state index in [0.29, 0.717) is 19.6 Å². The van der Waals surface area contributed by atoms with Crippen LogP contribution in [0.4, 0.5) is 11.4 Å². The summed E-state index contributed by atoms with van der Waals surface area (Å²) in [6.45, 7) is 1.88. The molecule has 168 valence electrons. The standard InChI is InChI=1S/C26H25BrN4O2/c27-19-11-13-20(14-12-19)28-25(32)22-16-30(15-18-7-3-1-4-8-18)17-23-24(22)29-31(26(23)33)21-9-5-2-6-10-21/h1-14,22-24,29H,15-17H2,(H,28,32). The highest BCUT2D eigenvalue weighted by atomic mass is 79.9. The van der Waals surface area contributed by atoms with Gasteiger partial charge in [-0.3, -0.25) is 14.5 Å². The number of carbonyl (C=O) groups excluding carboxylic acids is 2. The molecular weight excluding hydrogens is 480 g/mol. The third-order valence-corrected chi connectivity index (χ3v) is 6.83. The molecule has 0 bridgehead atoms. The van der Waals surface area contributed by atoms with E-state index in [4.69, 9.17) is 0 Å². The smallest absolute Gasteiger partial charge is 0.247 e. The van der Waals surface area contributed by atoms with Crippen molar-refractivity contribution in [1.82, 2.24) is 10.3 Å². The minimum Gasteiger partial charge on any atom is -0.326 e. The second-order valence-corrected chi connectivity index (χ2v) is 9.47. The van der Waals surface area contributed by atoms with E-state index in [1.165, 1.54) is 5.56 Å². The first kappa shape index (κ1) is 21.8. The highest BCUT2D eigenvalue weighted by Crippen LogP contribution is 2.33. The summed E-state index contributed by atoms with van der Waals surface area (Å²) < 4.78 is 0.953. The molecule has 3 aromatic rings. The molecule has 0 aromatic heterocycles. The topological polar surface area (TPSA) is 64.7 Å². The molecule has 2 amide bonds. The first-order valence-corrected chi connectivity index (χ1v) is 11.9. The van der Waals surface area contributed by atoms with Gasteiger partial charge in [0.15, 0.2) is 0 Å². The number of amides is 2. The Morgan fingerprint density at radius 1 is 0.939 bits per heavy atom. The predicted octanol–water partition coefficient (Wildman–Crippen LogP) is 4.06. The summed E-state index contributed by atoms with van der Waals surface area (Å²) in [5.41, 5.74) is 6.06. The lowest BCUT2D eigenvalue weighted by Gasteiger charge is -2.38. The van der Waals surface area contributed by atoms with Crippen LogP contribution in [0.3, 0.4) is 0 Å². The van der Waals surface area contributed by atoms with E-state index in [0.717, 1.165) is 15.8 Å². The second kappa shape index (κ2) is 9.47. The van der Waals surface area contributed by atoms with Gasteiger partial charge in [0.1, 0.15) is 0 Å². The van der Waals surface area contributed by atoms with E-state index < -0.39 is 0 Å². The number of carbonyl (C=O) groups is 2. The van der Waals surface area contributed by atoms with Crippen molar-refractivity contribution in [3.05, 3.63) is 95.0 Å². The van der Waals surface area contributed by atoms with Gasteiger partial charge in [-0.1, -0.05) is 64.5 Å². The number of rotatable bonds is 5. The number of nitrogens with zero attached hydrogens (tertiary/aromatic N) is 2. The van der Waals surface area contributed by atoms with Crippen LogP contribution in [0.1, 0.15) is 5.56 Å². The number of hydrogen-bond acceptors (Lipinski definition) is 4. The van der Waals surface area contributed by atoms with E-state index >= 15 is 0 Å². The van der Waals surface area contributed by atoms with Gasteiger partial charge in [0.25, 0.3) is 0 Å². The maximum absolute atomic E-state index is 13.4. The van der Waals surface area contributed by atoms with Crippen molar-refractivity contribution in [2.75, 3.05) is 23.4 Å². The van der Waals surface area contributed by atoms with Crippen molar-refractivity contribution < 1.29 is 9.59 Å². The summed E-state index contributed by atoms with van der Waals surface area (Å²) in [4.78, 5) is 29.0. The van der Waals surface area contributed by atoms with Gasteiger partial charge in [0, 0.05) is 29.8 Å². The molecule has 33 heavy (non-hydrogen) atoms. The highest BCUT2D eigenvalue weighted by Gasteiger charge is 2.50. The third-order valence-electron chi connectivity index (χ3n) is 6.30. The minimum absolute atomic E-state index is 0.00500. The van der Waals surface area contributed by atoms with Gasteiger partial charge in [-0.25, -0.2) is 10.4 Å². The summed E-state index contributed by atoms with van der Waals surface area (Å²) in [5, 5.41) is 4.66.